The van der Waals surface area contributed by atoms with E-state index >= 15 is 0 Å². The zero-order valence-corrected chi connectivity index (χ0v) is 16.3. The molecule has 1 fully saturated rings. The predicted octanol–water partition coefficient (Wildman–Crippen LogP) is 3.49. The highest BCUT2D eigenvalue weighted by Gasteiger charge is 2.49. The van der Waals surface area contributed by atoms with Crippen molar-refractivity contribution >= 4 is 23.5 Å². The zero-order chi connectivity index (χ0) is 21.3. The molecule has 2 N–H and O–H groups in total. The molecule has 3 rings (SSSR count). The van der Waals surface area contributed by atoms with Gasteiger partial charge in [-0.15, -0.1) is 0 Å². The lowest BCUT2D eigenvalue weighted by atomic mass is 9.90. The Morgan fingerprint density at radius 1 is 1.10 bits per heavy atom. The Labute approximate surface area is 166 Å². The first-order chi connectivity index (χ1) is 13.6. The highest BCUT2D eigenvalue weighted by atomic mass is 19.1. The molecule has 0 aromatic heterocycles. The highest BCUT2D eigenvalue weighted by molar-refractivity contribution is 6.10. The van der Waals surface area contributed by atoms with Gasteiger partial charge in [-0.1, -0.05) is 44.2 Å². The molecule has 0 bridgehead atoms. The summed E-state index contributed by atoms with van der Waals surface area (Å²) >= 11 is 0. The van der Waals surface area contributed by atoms with Gasteiger partial charge in [0.2, 0.25) is 5.91 Å². The summed E-state index contributed by atoms with van der Waals surface area (Å²) < 4.78 is 27.4. The van der Waals surface area contributed by atoms with Crippen molar-refractivity contribution in [3.63, 3.8) is 0 Å². The van der Waals surface area contributed by atoms with Crippen LogP contribution in [0.5, 0.6) is 0 Å². The second-order valence-electron chi connectivity index (χ2n) is 7.37. The fourth-order valence-corrected chi connectivity index (χ4v) is 3.18. The average molecular weight is 401 g/mol. The third kappa shape index (κ3) is 3.83. The molecule has 0 aliphatic carbocycles. The van der Waals surface area contributed by atoms with Gasteiger partial charge < -0.3 is 10.6 Å². The Morgan fingerprint density at radius 2 is 1.69 bits per heavy atom. The van der Waals surface area contributed by atoms with Gasteiger partial charge in [0, 0.05) is 0 Å². The van der Waals surface area contributed by atoms with Crippen molar-refractivity contribution in [2.45, 2.75) is 32.2 Å². The van der Waals surface area contributed by atoms with E-state index in [1.54, 1.807) is 19.1 Å². The number of carbonyl (C=O) groups is 3. The van der Waals surface area contributed by atoms with Crippen molar-refractivity contribution < 1.29 is 23.2 Å². The molecule has 1 atom stereocenters. The van der Waals surface area contributed by atoms with Gasteiger partial charge in [-0.25, -0.2) is 13.6 Å². The summed E-state index contributed by atoms with van der Waals surface area (Å²) in [6.45, 7) is 4.96. The molecule has 0 radical (unpaired) electrons. The third-order valence-corrected chi connectivity index (χ3v) is 4.96. The number of amides is 4. The molecule has 29 heavy (non-hydrogen) atoms. The van der Waals surface area contributed by atoms with Crippen LogP contribution in [0, 0.1) is 11.6 Å². The molecular weight excluding hydrogens is 380 g/mol. The van der Waals surface area contributed by atoms with Crippen LogP contribution in [0.1, 0.15) is 37.8 Å². The summed E-state index contributed by atoms with van der Waals surface area (Å²) in [6, 6.07) is 9.65. The monoisotopic (exact) mass is 401 g/mol. The van der Waals surface area contributed by atoms with Gasteiger partial charge in [0.15, 0.2) is 0 Å². The van der Waals surface area contributed by atoms with Crippen molar-refractivity contribution in [2.75, 3.05) is 11.9 Å². The maximum Gasteiger partial charge on any atom is 0.325 e. The molecule has 1 aliphatic rings. The number of benzene rings is 2. The number of urea groups is 1. The smallest absolute Gasteiger partial charge is 0.320 e. The van der Waals surface area contributed by atoms with Gasteiger partial charge in [-0.05, 0) is 36.1 Å². The Bertz CT molecular complexity index is 955. The molecule has 2 aromatic carbocycles. The van der Waals surface area contributed by atoms with Crippen molar-refractivity contribution in [1.82, 2.24) is 10.2 Å². The van der Waals surface area contributed by atoms with E-state index in [0.29, 0.717) is 11.5 Å². The van der Waals surface area contributed by atoms with E-state index in [2.05, 4.69) is 10.6 Å². The first-order valence-corrected chi connectivity index (χ1v) is 9.12. The Kier molecular flexibility index (Phi) is 5.37. The molecule has 6 nitrogen and oxygen atoms in total. The van der Waals surface area contributed by atoms with Crippen LogP contribution in [0.4, 0.5) is 19.3 Å². The van der Waals surface area contributed by atoms with Crippen molar-refractivity contribution in [2.24, 2.45) is 0 Å². The Morgan fingerprint density at radius 3 is 2.24 bits per heavy atom. The van der Waals surface area contributed by atoms with Crippen LogP contribution in [0.2, 0.25) is 0 Å². The normalized spacial score (nSPS) is 18.9. The molecule has 152 valence electrons. The fourth-order valence-electron chi connectivity index (χ4n) is 3.18. The maximum absolute atomic E-state index is 13.7. The number of hydrogen-bond donors (Lipinski definition) is 2. The van der Waals surface area contributed by atoms with Gasteiger partial charge in [-0.3, -0.25) is 14.5 Å². The third-order valence-electron chi connectivity index (χ3n) is 4.96. The fraction of sp³-hybridized carbons (Fsp3) is 0.286. The minimum atomic E-state index is -1.34. The zero-order valence-electron chi connectivity index (χ0n) is 16.3. The second kappa shape index (κ2) is 7.62. The number of rotatable bonds is 5. The van der Waals surface area contributed by atoms with E-state index in [1.165, 1.54) is 0 Å². The summed E-state index contributed by atoms with van der Waals surface area (Å²) in [5.74, 6) is -3.11. The number of carbonyl (C=O) groups excluding carboxylic acids is 3. The quantitative estimate of drug-likeness (QED) is 0.753. The van der Waals surface area contributed by atoms with Gasteiger partial charge in [0.25, 0.3) is 5.91 Å². The van der Waals surface area contributed by atoms with Gasteiger partial charge in [-0.2, -0.15) is 0 Å². The Balaban J connectivity index is 1.77. The van der Waals surface area contributed by atoms with Crippen LogP contribution in [-0.4, -0.2) is 29.3 Å². The molecule has 0 spiro atoms. The summed E-state index contributed by atoms with van der Waals surface area (Å²) in [4.78, 5) is 38.2. The van der Waals surface area contributed by atoms with E-state index in [-0.39, 0.29) is 0 Å². The van der Waals surface area contributed by atoms with Crippen LogP contribution < -0.4 is 10.6 Å². The van der Waals surface area contributed by atoms with Crippen molar-refractivity contribution in [3.05, 3.63) is 65.2 Å². The van der Waals surface area contributed by atoms with Crippen molar-refractivity contribution in [3.8, 4) is 0 Å². The SMILES string of the molecule is CC(C)c1ccc([C@@]2(C)NC(=O)N(CC(=O)Nc3c(F)cccc3F)C2=O)cc1. The molecular formula is C21H21F2N3O3. The summed E-state index contributed by atoms with van der Waals surface area (Å²) in [5, 5.41) is 4.67. The molecule has 2 aromatic rings. The van der Waals surface area contributed by atoms with Crippen molar-refractivity contribution in [1.29, 1.82) is 0 Å². The number of para-hydroxylation sites is 1. The predicted molar refractivity (Wildman–Crippen MR) is 103 cm³/mol. The first-order valence-electron chi connectivity index (χ1n) is 9.12. The van der Waals surface area contributed by atoms with Gasteiger partial charge >= 0.3 is 6.03 Å². The van der Waals surface area contributed by atoms with E-state index in [1.807, 2.05) is 26.0 Å². The molecule has 1 saturated heterocycles. The number of hydrogen-bond acceptors (Lipinski definition) is 3. The van der Waals surface area contributed by atoms with Crippen LogP contribution in [-0.2, 0) is 15.1 Å². The number of halogens is 2. The highest BCUT2D eigenvalue weighted by Crippen LogP contribution is 2.30. The lowest BCUT2D eigenvalue weighted by Crippen LogP contribution is -2.42. The minimum absolute atomic E-state index is 0.310. The number of nitrogens with one attached hydrogen (secondary N) is 2. The molecule has 1 heterocycles. The average Bonchev–Trinajstić information content (AvgIpc) is 2.89. The van der Waals surface area contributed by atoms with Crippen LogP contribution >= 0.6 is 0 Å². The van der Waals surface area contributed by atoms with E-state index in [0.717, 1.165) is 28.7 Å². The van der Waals surface area contributed by atoms with Gasteiger partial charge in [0.05, 0.1) is 0 Å². The molecule has 0 unspecified atom stereocenters. The summed E-state index contributed by atoms with van der Waals surface area (Å²) in [7, 11) is 0. The van der Waals surface area contributed by atoms with Crippen LogP contribution in [0.3, 0.4) is 0 Å². The van der Waals surface area contributed by atoms with Crippen LogP contribution in [0.25, 0.3) is 0 Å². The summed E-state index contributed by atoms with van der Waals surface area (Å²) in [5.41, 5.74) is -0.312. The topological polar surface area (TPSA) is 78.5 Å². The summed E-state index contributed by atoms with van der Waals surface area (Å²) in [6.07, 6.45) is 0. The standard InChI is InChI=1S/C21H21F2N3O3/c1-12(2)13-7-9-14(10-8-13)21(3)19(28)26(20(29)25-21)11-17(27)24-18-15(22)5-4-6-16(18)23/h4-10,12H,11H2,1-3H3,(H,24,27)(H,25,29)/t21-/m1/s1. The molecule has 4 amide bonds. The maximum atomic E-state index is 13.7. The Hall–Kier alpha value is -3.29. The minimum Gasteiger partial charge on any atom is -0.320 e. The number of nitrogens with zero attached hydrogens (tertiary/aromatic N) is 1. The van der Waals surface area contributed by atoms with Crippen LogP contribution in [0.15, 0.2) is 42.5 Å². The van der Waals surface area contributed by atoms with E-state index < -0.39 is 47.3 Å². The molecule has 0 saturated carbocycles. The number of imide groups is 1. The molecule has 8 heteroatoms. The number of anilines is 1. The lowest BCUT2D eigenvalue weighted by Gasteiger charge is -2.22. The first kappa shape index (κ1) is 20.4. The van der Waals surface area contributed by atoms with E-state index in [4.69, 9.17) is 0 Å². The molecule has 1 aliphatic heterocycles. The largest absolute Gasteiger partial charge is 0.325 e. The van der Waals surface area contributed by atoms with Gasteiger partial charge in [0.1, 0.15) is 29.4 Å². The van der Waals surface area contributed by atoms with E-state index in [9.17, 15) is 23.2 Å². The second-order valence-corrected chi connectivity index (χ2v) is 7.37. The lowest BCUT2D eigenvalue weighted by molar-refractivity contribution is -0.133.